The van der Waals surface area contributed by atoms with Gasteiger partial charge in [0.1, 0.15) is 17.8 Å². The highest BCUT2D eigenvalue weighted by Crippen LogP contribution is 2.32. The van der Waals surface area contributed by atoms with Crippen LogP contribution in [-0.2, 0) is 9.47 Å². The molecule has 3 heterocycles. The molecule has 0 radical (unpaired) electrons. The average Bonchev–Trinajstić information content (AvgIpc) is 3.05. The lowest BCUT2D eigenvalue weighted by atomic mass is 10.0. The van der Waals surface area contributed by atoms with E-state index in [0.29, 0.717) is 32.0 Å². The first-order chi connectivity index (χ1) is 11.2. The molecule has 126 valence electrons. The van der Waals surface area contributed by atoms with Gasteiger partial charge in [-0.2, -0.15) is 0 Å². The van der Waals surface area contributed by atoms with Crippen LogP contribution in [0, 0.1) is 0 Å². The third kappa shape index (κ3) is 3.30. The van der Waals surface area contributed by atoms with Gasteiger partial charge in [-0.05, 0) is 13.8 Å². The van der Waals surface area contributed by atoms with Crippen LogP contribution < -0.4 is 4.90 Å². The van der Waals surface area contributed by atoms with Crippen molar-refractivity contribution in [2.45, 2.75) is 32.5 Å². The number of nitrogens with zero attached hydrogens (tertiary/aromatic N) is 4. The Morgan fingerprint density at radius 1 is 1.22 bits per heavy atom. The molecule has 23 heavy (non-hydrogen) atoms. The van der Waals surface area contributed by atoms with Crippen molar-refractivity contribution in [1.29, 1.82) is 0 Å². The number of hydrogen-bond acceptors (Lipinski definition) is 6. The summed E-state index contributed by atoms with van der Waals surface area (Å²) < 4.78 is 11.5. The first-order valence-electron chi connectivity index (χ1n) is 8.31. The first-order valence-corrected chi connectivity index (χ1v) is 8.31. The molecule has 1 aromatic heterocycles. The van der Waals surface area contributed by atoms with E-state index in [1.807, 2.05) is 13.8 Å². The quantitative estimate of drug-likeness (QED) is 0.833. The zero-order valence-electron chi connectivity index (χ0n) is 13.8. The molecule has 0 N–H and O–H groups in total. The van der Waals surface area contributed by atoms with Crippen LogP contribution in [0.4, 0.5) is 5.82 Å². The molecule has 2 saturated heterocycles. The first kappa shape index (κ1) is 16.1. The SMILES string of the molecule is CCN(CC)C(=O)c1cc(N2CCC3(CC2)OCCO3)ncn1. The number of piperidine rings is 1. The van der Waals surface area contributed by atoms with Gasteiger partial charge in [-0.3, -0.25) is 4.79 Å². The second-order valence-electron chi connectivity index (χ2n) is 5.83. The Kier molecular flexibility index (Phi) is 4.77. The Hall–Kier alpha value is -1.73. The Morgan fingerprint density at radius 3 is 2.48 bits per heavy atom. The van der Waals surface area contributed by atoms with Gasteiger partial charge in [0, 0.05) is 45.1 Å². The summed E-state index contributed by atoms with van der Waals surface area (Å²) in [6.07, 6.45) is 3.10. The molecule has 1 amide bonds. The maximum absolute atomic E-state index is 12.4. The summed E-state index contributed by atoms with van der Waals surface area (Å²) in [6.45, 7) is 8.24. The number of carbonyl (C=O) groups is 1. The minimum absolute atomic E-state index is 0.0467. The van der Waals surface area contributed by atoms with E-state index in [4.69, 9.17) is 9.47 Å². The molecule has 1 spiro atoms. The van der Waals surface area contributed by atoms with Crippen LogP contribution in [0.2, 0.25) is 0 Å². The fourth-order valence-electron chi connectivity index (χ4n) is 3.17. The molecule has 0 unspecified atom stereocenters. The summed E-state index contributed by atoms with van der Waals surface area (Å²) >= 11 is 0. The van der Waals surface area contributed by atoms with Gasteiger partial charge >= 0.3 is 0 Å². The number of rotatable bonds is 4. The Labute approximate surface area is 136 Å². The van der Waals surface area contributed by atoms with Gasteiger partial charge in [0.2, 0.25) is 0 Å². The van der Waals surface area contributed by atoms with Gasteiger partial charge in [-0.25, -0.2) is 9.97 Å². The highest BCUT2D eigenvalue weighted by Gasteiger charge is 2.40. The van der Waals surface area contributed by atoms with Gasteiger partial charge in [0.15, 0.2) is 5.79 Å². The van der Waals surface area contributed by atoms with Gasteiger partial charge in [0.05, 0.1) is 13.2 Å². The van der Waals surface area contributed by atoms with Crippen molar-refractivity contribution in [2.75, 3.05) is 44.3 Å². The number of carbonyl (C=O) groups excluding carboxylic acids is 1. The van der Waals surface area contributed by atoms with Gasteiger partial charge in [-0.15, -0.1) is 0 Å². The zero-order chi connectivity index (χ0) is 16.3. The second kappa shape index (κ2) is 6.80. The average molecular weight is 320 g/mol. The van der Waals surface area contributed by atoms with Crippen molar-refractivity contribution in [3.05, 3.63) is 18.1 Å². The van der Waals surface area contributed by atoms with Crippen LogP contribution >= 0.6 is 0 Å². The minimum Gasteiger partial charge on any atom is -0.356 e. The van der Waals surface area contributed by atoms with Gasteiger partial charge in [0.25, 0.3) is 5.91 Å². The number of hydrogen-bond donors (Lipinski definition) is 0. The topological polar surface area (TPSA) is 67.8 Å². The van der Waals surface area contributed by atoms with E-state index in [2.05, 4.69) is 14.9 Å². The maximum atomic E-state index is 12.4. The fourth-order valence-corrected chi connectivity index (χ4v) is 3.17. The molecule has 2 aliphatic rings. The maximum Gasteiger partial charge on any atom is 0.272 e. The molecule has 0 saturated carbocycles. The van der Waals surface area contributed by atoms with E-state index in [0.717, 1.165) is 31.7 Å². The third-order valence-electron chi connectivity index (χ3n) is 4.59. The molecular weight excluding hydrogens is 296 g/mol. The smallest absolute Gasteiger partial charge is 0.272 e. The molecule has 0 aromatic carbocycles. The molecule has 7 nitrogen and oxygen atoms in total. The molecule has 2 aliphatic heterocycles. The molecule has 2 fully saturated rings. The van der Waals surface area contributed by atoms with Crippen molar-refractivity contribution >= 4 is 11.7 Å². The fraction of sp³-hybridized carbons (Fsp3) is 0.688. The Balaban J connectivity index is 1.69. The molecule has 0 aliphatic carbocycles. The summed E-state index contributed by atoms with van der Waals surface area (Å²) in [5.41, 5.74) is 0.451. The second-order valence-corrected chi connectivity index (χ2v) is 5.83. The monoisotopic (exact) mass is 320 g/mol. The Morgan fingerprint density at radius 2 is 1.87 bits per heavy atom. The summed E-state index contributed by atoms with van der Waals surface area (Å²) in [5, 5.41) is 0. The van der Waals surface area contributed by atoms with Crippen molar-refractivity contribution in [2.24, 2.45) is 0 Å². The lowest BCUT2D eigenvalue weighted by Crippen LogP contribution is -2.45. The summed E-state index contributed by atoms with van der Waals surface area (Å²) in [4.78, 5) is 24.8. The summed E-state index contributed by atoms with van der Waals surface area (Å²) in [7, 11) is 0. The third-order valence-corrected chi connectivity index (χ3v) is 4.59. The van der Waals surface area contributed by atoms with E-state index >= 15 is 0 Å². The highest BCUT2D eigenvalue weighted by atomic mass is 16.7. The molecule has 7 heteroatoms. The number of aromatic nitrogens is 2. The van der Waals surface area contributed by atoms with Crippen LogP contribution in [0.1, 0.15) is 37.2 Å². The van der Waals surface area contributed by atoms with Crippen molar-refractivity contribution in [1.82, 2.24) is 14.9 Å². The lowest BCUT2D eigenvalue weighted by molar-refractivity contribution is -0.169. The van der Waals surface area contributed by atoms with Crippen LogP contribution in [0.25, 0.3) is 0 Å². The molecule has 0 atom stereocenters. The number of amides is 1. The van der Waals surface area contributed by atoms with Crippen LogP contribution in [0.5, 0.6) is 0 Å². The predicted octanol–water partition coefficient (Wildman–Crippen LogP) is 1.30. The van der Waals surface area contributed by atoms with E-state index in [1.165, 1.54) is 6.33 Å². The zero-order valence-corrected chi connectivity index (χ0v) is 13.8. The molecule has 1 aromatic rings. The predicted molar refractivity (Wildman–Crippen MR) is 85.4 cm³/mol. The van der Waals surface area contributed by atoms with Crippen molar-refractivity contribution in [3.8, 4) is 0 Å². The van der Waals surface area contributed by atoms with Crippen LogP contribution in [0.3, 0.4) is 0 Å². The van der Waals surface area contributed by atoms with Crippen molar-refractivity contribution < 1.29 is 14.3 Å². The normalized spacial score (nSPS) is 20.0. The molecule has 3 rings (SSSR count). The van der Waals surface area contributed by atoms with Gasteiger partial charge < -0.3 is 19.3 Å². The Bertz CT molecular complexity index is 546. The van der Waals surface area contributed by atoms with E-state index in [9.17, 15) is 4.79 Å². The van der Waals surface area contributed by atoms with Crippen LogP contribution in [0.15, 0.2) is 12.4 Å². The number of ether oxygens (including phenoxy) is 2. The van der Waals surface area contributed by atoms with Crippen LogP contribution in [-0.4, -0.2) is 66.0 Å². The minimum atomic E-state index is -0.399. The van der Waals surface area contributed by atoms with E-state index in [1.54, 1.807) is 11.0 Å². The largest absolute Gasteiger partial charge is 0.356 e. The highest BCUT2D eigenvalue weighted by molar-refractivity contribution is 5.92. The molecule has 0 bridgehead atoms. The van der Waals surface area contributed by atoms with Gasteiger partial charge in [-0.1, -0.05) is 0 Å². The van der Waals surface area contributed by atoms with E-state index < -0.39 is 5.79 Å². The van der Waals surface area contributed by atoms with Crippen molar-refractivity contribution in [3.63, 3.8) is 0 Å². The lowest BCUT2D eigenvalue weighted by Gasteiger charge is -2.38. The van der Waals surface area contributed by atoms with E-state index in [-0.39, 0.29) is 5.91 Å². The molecular formula is C16H24N4O3. The summed E-state index contributed by atoms with van der Waals surface area (Å²) in [6, 6.07) is 1.79. The summed E-state index contributed by atoms with van der Waals surface area (Å²) in [5.74, 6) is 0.349. The standard InChI is InChI=1S/C16H24N4O3/c1-3-19(4-2)15(21)13-11-14(18-12-17-13)20-7-5-16(6-8-20)22-9-10-23-16/h11-12H,3-10H2,1-2H3. The number of anilines is 1.